The summed E-state index contributed by atoms with van der Waals surface area (Å²) < 4.78 is 0. The highest BCUT2D eigenvalue weighted by molar-refractivity contribution is 7.80. The molecule has 0 aliphatic heterocycles. The molecule has 2 rings (SSSR count). The minimum Gasteiger partial charge on any atom is -0.327 e. The molecule has 0 radical (unpaired) electrons. The van der Waals surface area contributed by atoms with Gasteiger partial charge >= 0.3 is 0 Å². The Hall–Kier alpha value is -2.80. The first-order valence-electron chi connectivity index (χ1n) is 5.99. The van der Waals surface area contributed by atoms with Gasteiger partial charge in [0.2, 0.25) is 0 Å². The zero-order valence-corrected chi connectivity index (χ0v) is 11.6. The Morgan fingerprint density at radius 1 is 1.05 bits per heavy atom. The molecule has 106 valence electrons. The maximum atomic E-state index is 11.9. The van der Waals surface area contributed by atoms with Crippen molar-refractivity contribution in [1.29, 1.82) is 0 Å². The molecule has 7 heteroatoms. The van der Waals surface area contributed by atoms with Gasteiger partial charge < -0.3 is 5.32 Å². The lowest BCUT2D eigenvalue weighted by molar-refractivity contribution is -0.383. The van der Waals surface area contributed by atoms with Gasteiger partial charge in [0.25, 0.3) is 11.6 Å². The molecule has 6 nitrogen and oxygen atoms in total. The van der Waals surface area contributed by atoms with E-state index in [0.29, 0.717) is 5.56 Å². The third-order valence-corrected chi connectivity index (χ3v) is 2.82. The van der Waals surface area contributed by atoms with Crippen LogP contribution in [-0.4, -0.2) is 15.9 Å². The number of thiocarbonyl (C=S) groups is 1. The number of nitro groups is 1. The highest BCUT2D eigenvalue weighted by Crippen LogP contribution is 2.22. The first-order valence-corrected chi connectivity index (χ1v) is 6.39. The van der Waals surface area contributed by atoms with Crippen LogP contribution >= 0.6 is 12.2 Å². The van der Waals surface area contributed by atoms with Crippen molar-refractivity contribution in [1.82, 2.24) is 5.32 Å². The summed E-state index contributed by atoms with van der Waals surface area (Å²) in [5.41, 5.74) is 0.555. The lowest BCUT2D eigenvalue weighted by Crippen LogP contribution is -2.34. The van der Waals surface area contributed by atoms with Gasteiger partial charge in [0, 0.05) is 11.6 Å². The van der Waals surface area contributed by atoms with Gasteiger partial charge in [-0.1, -0.05) is 30.3 Å². The van der Waals surface area contributed by atoms with E-state index in [9.17, 15) is 14.9 Å². The first kappa shape index (κ1) is 14.6. The number of nitrogens with one attached hydrogen (secondary N) is 2. The fraction of sp³-hybridized carbons (Fsp3) is 0. The summed E-state index contributed by atoms with van der Waals surface area (Å²) >= 11 is 4.99. The number of hydrogen-bond donors (Lipinski definition) is 2. The molecular weight excluding hydrogens is 290 g/mol. The summed E-state index contributed by atoms with van der Waals surface area (Å²) in [4.78, 5) is 22.2. The molecule has 0 aromatic heterocycles. The number of hydrogen-bond acceptors (Lipinski definition) is 4. The Morgan fingerprint density at radius 2 is 1.67 bits per heavy atom. The number of amides is 1. The summed E-state index contributed by atoms with van der Waals surface area (Å²) in [6.07, 6.45) is 0. The molecule has 0 atom stereocenters. The third kappa shape index (κ3) is 3.83. The number of nitro benzene ring substituents is 1. The van der Waals surface area contributed by atoms with Gasteiger partial charge in [-0.15, -0.1) is 0 Å². The van der Waals surface area contributed by atoms with Crippen LogP contribution in [0, 0.1) is 10.1 Å². The van der Waals surface area contributed by atoms with E-state index in [1.165, 1.54) is 12.1 Å². The summed E-state index contributed by atoms with van der Waals surface area (Å²) in [6.45, 7) is 0. The normalized spacial score (nSPS) is 9.71. The zero-order chi connectivity index (χ0) is 15.2. The van der Waals surface area contributed by atoms with Crippen molar-refractivity contribution in [3.05, 3.63) is 70.3 Å². The molecule has 0 saturated heterocycles. The Morgan fingerprint density at radius 3 is 2.33 bits per heavy atom. The van der Waals surface area contributed by atoms with Gasteiger partial charge in [0.05, 0.1) is 4.92 Å². The van der Waals surface area contributed by atoms with E-state index < -0.39 is 4.92 Å². The molecule has 1 amide bonds. The lowest BCUT2D eigenvalue weighted by Gasteiger charge is -2.09. The highest BCUT2D eigenvalue weighted by Gasteiger charge is 2.14. The smallest absolute Gasteiger partial charge is 0.292 e. The van der Waals surface area contributed by atoms with Crippen molar-refractivity contribution in [2.45, 2.75) is 0 Å². The molecule has 0 fully saturated rings. The number of nitrogens with zero attached hydrogens (tertiary/aromatic N) is 1. The maximum absolute atomic E-state index is 11.9. The van der Waals surface area contributed by atoms with E-state index in [4.69, 9.17) is 12.2 Å². The third-order valence-electron chi connectivity index (χ3n) is 2.61. The summed E-state index contributed by atoms with van der Waals surface area (Å²) in [6, 6.07) is 14.6. The van der Waals surface area contributed by atoms with Crippen LogP contribution in [0.25, 0.3) is 0 Å². The molecule has 0 bridgehead atoms. The van der Waals surface area contributed by atoms with Gasteiger partial charge in [-0.25, -0.2) is 0 Å². The van der Waals surface area contributed by atoms with E-state index >= 15 is 0 Å². The van der Waals surface area contributed by atoms with Crippen LogP contribution in [-0.2, 0) is 0 Å². The topological polar surface area (TPSA) is 84.3 Å². The number of para-hydroxylation sites is 2. The second-order valence-electron chi connectivity index (χ2n) is 4.05. The van der Waals surface area contributed by atoms with Gasteiger partial charge in [0.15, 0.2) is 5.11 Å². The monoisotopic (exact) mass is 301 g/mol. The number of carbonyl (C=O) groups is 1. The number of carbonyl (C=O) groups excluding carboxylic acids is 1. The molecule has 0 spiro atoms. The van der Waals surface area contributed by atoms with Crippen LogP contribution in [0.3, 0.4) is 0 Å². The van der Waals surface area contributed by atoms with E-state index in [0.717, 1.165) is 0 Å². The van der Waals surface area contributed by atoms with Crippen LogP contribution < -0.4 is 10.6 Å². The maximum Gasteiger partial charge on any atom is 0.292 e. The number of anilines is 1. The molecule has 0 unspecified atom stereocenters. The first-order chi connectivity index (χ1) is 10.1. The standard InChI is InChI=1S/C14H11N3O3S/c18-13(10-6-2-1-3-7-10)16-14(21)15-11-8-4-5-9-12(11)17(19)20/h1-9H,(H2,15,16,18,21). The molecule has 2 N–H and O–H groups in total. The Labute approximate surface area is 125 Å². The lowest BCUT2D eigenvalue weighted by atomic mass is 10.2. The van der Waals surface area contributed by atoms with Crippen LogP contribution in [0.4, 0.5) is 11.4 Å². The largest absolute Gasteiger partial charge is 0.327 e. The SMILES string of the molecule is O=C(NC(=S)Nc1ccccc1[N+](=O)[O-])c1ccccc1. The average molecular weight is 301 g/mol. The van der Waals surface area contributed by atoms with Gasteiger partial charge in [-0.3, -0.25) is 20.2 Å². The molecule has 21 heavy (non-hydrogen) atoms. The second-order valence-corrected chi connectivity index (χ2v) is 4.46. The van der Waals surface area contributed by atoms with E-state index in [1.54, 1.807) is 42.5 Å². The predicted molar refractivity (Wildman–Crippen MR) is 83.2 cm³/mol. The van der Waals surface area contributed by atoms with Gasteiger partial charge in [-0.05, 0) is 30.4 Å². The minimum atomic E-state index is -0.524. The molecule has 0 aliphatic rings. The number of benzene rings is 2. The fourth-order valence-electron chi connectivity index (χ4n) is 1.66. The Kier molecular flexibility index (Phi) is 4.57. The van der Waals surface area contributed by atoms with Crippen molar-refractivity contribution < 1.29 is 9.72 Å². The van der Waals surface area contributed by atoms with Crippen LogP contribution in [0.1, 0.15) is 10.4 Å². The fourth-order valence-corrected chi connectivity index (χ4v) is 1.86. The quantitative estimate of drug-likeness (QED) is 0.517. The highest BCUT2D eigenvalue weighted by atomic mass is 32.1. The molecule has 2 aromatic carbocycles. The van der Waals surface area contributed by atoms with Crippen molar-refractivity contribution in [3.8, 4) is 0 Å². The summed E-state index contributed by atoms with van der Waals surface area (Å²) in [7, 11) is 0. The molecule has 0 heterocycles. The van der Waals surface area contributed by atoms with Gasteiger partial charge in [0.1, 0.15) is 5.69 Å². The van der Waals surface area contributed by atoms with Gasteiger partial charge in [-0.2, -0.15) is 0 Å². The Bertz CT molecular complexity index is 689. The molecule has 0 aliphatic carbocycles. The molecule has 2 aromatic rings. The predicted octanol–water partition coefficient (Wildman–Crippen LogP) is 2.72. The van der Waals surface area contributed by atoms with Crippen LogP contribution in [0.15, 0.2) is 54.6 Å². The second kappa shape index (κ2) is 6.58. The van der Waals surface area contributed by atoms with E-state index in [2.05, 4.69) is 10.6 Å². The summed E-state index contributed by atoms with van der Waals surface area (Å²) in [5, 5.41) is 16.0. The van der Waals surface area contributed by atoms with Crippen molar-refractivity contribution in [2.75, 3.05) is 5.32 Å². The van der Waals surface area contributed by atoms with Crippen molar-refractivity contribution in [2.24, 2.45) is 0 Å². The Balaban J connectivity index is 2.06. The molecule has 0 saturated carbocycles. The van der Waals surface area contributed by atoms with Crippen molar-refractivity contribution >= 4 is 34.6 Å². The van der Waals surface area contributed by atoms with Crippen molar-refractivity contribution in [3.63, 3.8) is 0 Å². The van der Waals surface area contributed by atoms with E-state index in [-0.39, 0.29) is 22.4 Å². The average Bonchev–Trinajstić information content (AvgIpc) is 2.48. The zero-order valence-electron chi connectivity index (χ0n) is 10.8. The van der Waals surface area contributed by atoms with Crippen LogP contribution in [0.5, 0.6) is 0 Å². The minimum absolute atomic E-state index is 0.00171. The molecular formula is C14H11N3O3S. The number of rotatable bonds is 3. The van der Waals surface area contributed by atoms with Crippen LogP contribution in [0.2, 0.25) is 0 Å². The van der Waals surface area contributed by atoms with E-state index in [1.807, 2.05) is 0 Å². The summed E-state index contributed by atoms with van der Waals surface area (Å²) in [5.74, 6) is -0.383.